The summed E-state index contributed by atoms with van der Waals surface area (Å²) in [6.07, 6.45) is 3.83. The van der Waals surface area contributed by atoms with E-state index in [1.165, 1.54) is 10.7 Å². The van der Waals surface area contributed by atoms with Gasteiger partial charge in [-0.15, -0.1) is 0 Å². The summed E-state index contributed by atoms with van der Waals surface area (Å²) < 4.78 is 14.7. The van der Waals surface area contributed by atoms with E-state index in [1.807, 2.05) is 12.1 Å². The second-order valence-corrected chi connectivity index (χ2v) is 6.21. The van der Waals surface area contributed by atoms with Crippen molar-refractivity contribution in [2.24, 2.45) is 0 Å². The van der Waals surface area contributed by atoms with E-state index in [9.17, 15) is 9.18 Å². The maximum Gasteiger partial charge on any atom is 0.274 e. The van der Waals surface area contributed by atoms with Crippen molar-refractivity contribution in [1.29, 1.82) is 0 Å². The molecular formula is C17H14ClFN4O. The Morgan fingerprint density at radius 3 is 3.08 bits per heavy atom. The Morgan fingerprint density at radius 1 is 1.38 bits per heavy atom. The first-order chi connectivity index (χ1) is 11.7. The fourth-order valence-corrected chi connectivity index (χ4v) is 3.21. The maximum absolute atomic E-state index is 13.2. The summed E-state index contributed by atoms with van der Waals surface area (Å²) in [6, 6.07) is 7.26. The molecule has 0 radical (unpaired) electrons. The lowest BCUT2D eigenvalue weighted by molar-refractivity contribution is 0.0727. The van der Waals surface area contributed by atoms with Crippen molar-refractivity contribution in [3.05, 3.63) is 64.1 Å². The molecule has 122 valence electrons. The quantitative estimate of drug-likeness (QED) is 0.718. The third kappa shape index (κ3) is 2.53. The van der Waals surface area contributed by atoms with Crippen LogP contribution in [-0.4, -0.2) is 31.9 Å². The van der Waals surface area contributed by atoms with Crippen LogP contribution in [0.3, 0.4) is 0 Å². The van der Waals surface area contributed by atoms with E-state index in [1.54, 1.807) is 23.2 Å². The van der Waals surface area contributed by atoms with Crippen LogP contribution in [0.25, 0.3) is 5.65 Å². The van der Waals surface area contributed by atoms with Crippen LogP contribution in [-0.2, 0) is 19.6 Å². The Kier molecular flexibility index (Phi) is 3.69. The van der Waals surface area contributed by atoms with Gasteiger partial charge in [0.1, 0.15) is 6.67 Å². The number of rotatable bonds is 2. The molecule has 0 bridgehead atoms. The molecule has 0 aliphatic carbocycles. The highest BCUT2D eigenvalue weighted by Crippen LogP contribution is 2.24. The van der Waals surface area contributed by atoms with Crippen molar-refractivity contribution in [1.82, 2.24) is 19.5 Å². The molecule has 7 heteroatoms. The van der Waals surface area contributed by atoms with Gasteiger partial charge in [0.05, 0.1) is 11.2 Å². The molecule has 1 aliphatic rings. The van der Waals surface area contributed by atoms with E-state index in [0.717, 1.165) is 11.1 Å². The van der Waals surface area contributed by atoms with Gasteiger partial charge in [-0.1, -0.05) is 29.8 Å². The average molecular weight is 345 g/mol. The molecule has 0 fully saturated rings. The third-order valence-electron chi connectivity index (χ3n) is 4.30. The number of carbonyl (C=O) groups excluding carboxylic acids is 1. The Balaban J connectivity index is 1.64. The normalized spacial score (nSPS) is 14.0. The minimum Gasteiger partial charge on any atom is -0.333 e. The van der Waals surface area contributed by atoms with Gasteiger partial charge in [0, 0.05) is 25.4 Å². The van der Waals surface area contributed by atoms with Crippen molar-refractivity contribution >= 4 is 23.2 Å². The standard InChI is InChI=1S/C17H14ClFN4O/c18-13-8-20-16-6-15(21-23(16)9-13)17(24)22-5-4-11-2-1-3-12(7-19)14(11)10-22/h1-3,6,8-9H,4-5,7,10H2. The van der Waals surface area contributed by atoms with Gasteiger partial charge in [-0.05, 0) is 23.1 Å². The zero-order chi connectivity index (χ0) is 16.7. The summed E-state index contributed by atoms with van der Waals surface area (Å²) in [4.78, 5) is 18.6. The molecule has 1 amide bonds. The van der Waals surface area contributed by atoms with E-state index in [-0.39, 0.29) is 5.91 Å². The number of benzene rings is 1. The van der Waals surface area contributed by atoms with Gasteiger partial charge in [0.2, 0.25) is 0 Å². The Hall–Kier alpha value is -2.47. The molecule has 3 aromatic rings. The summed E-state index contributed by atoms with van der Waals surface area (Å²) in [7, 11) is 0. The van der Waals surface area contributed by atoms with Crippen LogP contribution in [0.2, 0.25) is 5.02 Å². The van der Waals surface area contributed by atoms with Gasteiger partial charge in [-0.3, -0.25) is 4.79 Å². The summed E-state index contributed by atoms with van der Waals surface area (Å²) >= 11 is 5.89. The lowest BCUT2D eigenvalue weighted by Gasteiger charge is -2.29. The van der Waals surface area contributed by atoms with Gasteiger partial charge in [-0.25, -0.2) is 13.9 Å². The summed E-state index contributed by atoms with van der Waals surface area (Å²) in [5.74, 6) is -0.184. The van der Waals surface area contributed by atoms with Crippen LogP contribution >= 0.6 is 11.6 Å². The number of amides is 1. The van der Waals surface area contributed by atoms with Crippen LogP contribution in [0.4, 0.5) is 4.39 Å². The van der Waals surface area contributed by atoms with Crippen LogP contribution in [0.5, 0.6) is 0 Å². The highest BCUT2D eigenvalue weighted by Gasteiger charge is 2.25. The lowest BCUT2D eigenvalue weighted by Crippen LogP contribution is -2.36. The highest BCUT2D eigenvalue weighted by atomic mass is 35.5. The smallest absolute Gasteiger partial charge is 0.274 e. The molecular weight excluding hydrogens is 331 g/mol. The van der Waals surface area contributed by atoms with Gasteiger partial charge in [0.25, 0.3) is 5.91 Å². The zero-order valence-electron chi connectivity index (χ0n) is 12.7. The van der Waals surface area contributed by atoms with E-state index in [0.29, 0.717) is 41.4 Å². The number of hydrogen-bond donors (Lipinski definition) is 0. The second-order valence-electron chi connectivity index (χ2n) is 5.77. The molecule has 2 aromatic heterocycles. The minimum atomic E-state index is -0.526. The number of hydrogen-bond acceptors (Lipinski definition) is 3. The topological polar surface area (TPSA) is 50.5 Å². The summed E-state index contributed by atoms with van der Waals surface area (Å²) in [6.45, 7) is 0.460. The fraction of sp³-hybridized carbons (Fsp3) is 0.235. The number of fused-ring (bicyclic) bond motifs is 2. The van der Waals surface area contributed by atoms with Gasteiger partial charge in [0.15, 0.2) is 11.3 Å². The van der Waals surface area contributed by atoms with Crippen molar-refractivity contribution in [2.75, 3.05) is 6.54 Å². The summed E-state index contributed by atoms with van der Waals surface area (Å²) in [5, 5.41) is 4.70. The first kappa shape index (κ1) is 15.1. The van der Waals surface area contributed by atoms with E-state index < -0.39 is 6.67 Å². The number of halogens is 2. The van der Waals surface area contributed by atoms with Crippen molar-refractivity contribution < 1.29 is 9.18 Å². The SMILES string of the molecule is O=C(c1cc2ncc(Cl)cn2n1)N1CCc2cccc(CF)c2C1. The largest absolute Gasteiger partial charge is 0.333 e. The molecule has 0 saturated heterocycles. The molecule has 1 aromatic carbocycles. The number of carbonyl (C=O) groups is 1. The number of nitrogens with zero attached hydrogens (tertiary/aromatic N) is 4. The van der Waals surface area contributed by atoms with Gasteiger partial charge in [-0.2, -0.15) is 5.10 Å². The number of alkyl halides is 1. The monoisotopic (exact) mass is 344 g/mol. The highest BCUT2D eigenvalue weighted by molar-refractivity contribution is 6.30. The Bertz CT molecular complexity index is 925. The maximum atomic E-state index is 13.2. The average Bonchev–Trinajstić information content (AvgIpc) is 3.03. The molecule has 0 N–H and O–H groups in total. The zero-order valence-corrected chi connectivity index (χ0v) is 13.5. The predicted octanol–water partition coefficient (Wildman–Crippen LogP) is 3.05. The van der Waals surface area contributed by atoms with E-state index in [4.69, 9.17) is 11.6 Å². The minimum absolute atomic E-state index is 0.184. The van der Waals surface area contributed by atoms with Crippen LogP contribution < -0.4 is 0 Å². The second kappa shape index (κ2) is 5.87. The van der Waals surface area contributed by atoms with Gasteiger partial charge >= 0.3 is 0 Å². The van der Waals surface area contributed by atoms with E-state index in [2.05, 4.69) is 10.1 Å². The van der Waals surface area contributed by atoms with Crippen LogP contribution in [0, 0.1) is 0 Å². The van der Waals surface area contributed by atoms with E-state index >= 15 is 0 Å². The molecule has 1 aliphatic heterocycles. The molecule has 0 unspecified atom stereocenters. The molecule has 0 saturated carbocycles. The molecule has 4 rings (SSSR count). The van der Waals surface area contributed by atoms with Crippen molar-refractivity contribution in [3.8, 4) is 0 Å². The van der Waals surface area contributed by atoms with Crippen molar-refractivity contribution in [2.45, 2.75) is 19.6 Å². The Labute approximate surface area is 142 Å². The fourth-order valence-electron chi connectivity index (χ4n) is 3.07. The first-order valence-corrected chi connectivity index (χ1v) is 7.99. The van der Waals surface area contributed by atoms with Crippen LogP contribution in [0.15, 0.2) is 36.7 Å². The Morgan fingerprint density at radius 2 is 2.25 bits per heavy atom. The molecule has 0 spiro atoms. The molecule has 5 nitrogen and oxygen atoms in total. The van der Waals surface area contributed by atoms with Crippen LogP contribution in [0.1, 0.15) is 27.2 Å². The van der Waals surface area contributed by atoms with Crippen molar-refractivity contribution in [3.63, 3.8) is 0 Å². The predicted molar refractivity (Wildman–Crippen MR) is 87.7 cm³/mol. The summed E-state index contributed by atoms with van der Waals surface area (Å²) in [5.41, 5.74) is 3.53. The third-order valence-corrected chi connectivity index (χ3v) is 4.50. The molecule has 24 heavy (non-hydrogen) atoms. The lowest BCUT2D eigenvalue weighted by atomic mass is 9.95. The molecule has 3 heterocycles. The van der Waals surface area contributed by atoms with Gasteiger partial charge < -0.3 is 4.90 Å². The number of aromatic nitrogens is 3. The first-order valence-electron chi connectivity index (χ1n) is 7.61. The molecule has 0 atom stereocenters.